The minimum Gasteiger partial charge on any atom is -0.477 e. The molecule has 2 rings (SSSR count). The maximum Gasteiger partial charge on any atom is 0.352 e. The lowest BCUT2D eigenvalue weighted by atomic mass is 10.1. The van der Waals surface area contributed by atoms with E-state index in [9.17, 15) is 4.79 Å². The van der Waals surface area contributed by atoms with Crippen LogP contribution in [0.2, 0.25) is 5.02 Å². The predicted octanol–water partition coefficient (Wildman–Crippen LogP) is 2.85. The van der Waals surface area contributed by atoms with Gasteiger partial charge in [0.2, 0.25) is 0 Å². The standard InChI is InChI=1S/C13H13ClN2O2/c1-2-9-4-3-5-15-11(9)8-16-7-10(14)6-12(16)13(17)18/h3-7H,2,8H2,1H3,(H,17,18). The number of pyridine rings is 1. The van der Waals surface area contributed by atoms with E-state index in [-0.39, 0.29) is 5.69 Å². The first-order chi connectivity index (χ1) is 8.61. The first-order valence-electron chi connectivity index (χ1n) is 5.63. The first-order valence-corrected chi connectivity index (χ1v) is 6.01. The largest absolute Gasteiger partial charge is 0.477 e. The summed E-state index contributed by atoms with van der Waals surface area (Å²) in [6, 6.07) is 5.31. The van der Waals surface area contributed by atoms with Gasteiger partial charge in [-0.15, -0.1) is 0 Å². The van der Waals surface area contributed by atoms with Crippen molar-refractivity contribution in [1.29, 1.82) is 0 Å². The molecule has 2 heterocycles. The maximum atomic E-state index is 11.1. The molecule has 0 radical (unpaired) electrons. The number of carboxylic acids is 1. The van der Waals surface area contributed by atoms with E-state index in [1.807, 2.05) is 19.1 Å². The van der Waals surface area contributed by atoms with Crippen LogP contribution in [0.3, 0.4) is 0 Å². The highest BCUT2D eigenvalue weighted by Crippen LogP contribution is 2.17. The fourth-order valence-corrected chi connectivity index (χ4v) is 2.10. The fraction of sp³-hybridized carbons (Fsp3) is 0.231. The van der Waals surface area contributed by atoms with Crippen molar-refractivity contribution >= 4 is 17.6 Å². The van der Waals surface area contributed by atoms with Gasteiger partial charge in [-0.2, -0.15) is 0 Å². The average molecular weight is 265 g/mol. The Morgan fingerprint density at radius 2 is 2.33 bits per heavy atom. The van der Waals surface area contributed by atoms with E-state index in [0.29, 0.717) is 11.6 Å². The van der Waals surface area contributed by atoms with Crippen LogP contribution in [-0.4, -0.2) is 20.6 Å². The Kier molecular flexibility index (Phi) is 3.67. The Hall–Kier alpha value is -1.81. The number of carboxylic acid groups (broad SMARTS) is 1. The molecule has 0 aliphatic rings. The number of rotatable bonds is 4. The summed E-state index contributed by atoms with van der Waals surface area (Å²) in [5.74, 6) is -0.990. The van der Waals surface area contributed by atoms with Gasteiger partial charge >= 0.3 is 5.97 Å². The lowest BCUT2D eigenvalue weighted by Crippen LogP contribution is -2.10. The monoisotopic (exact) mass is 264 g/mol. The lowest BCUT2D eigenvalue weighted by molar-refractivity contribution is 0.0685. The van der Waals surface area contributed by atoms with E-state index in [0.717, 1.165) is 17.7 Å². The van der Waals surface area contributed by atoms with Crippen LogP contribution in [0.5, 0.6) is 0 Å². The summed E-state index contributed by atoms with van der Waals surface area (Å²) in [5.41, 5.74) is 2.15. The van der Waals surface area contributed by atoms with Crippen molar-refractivity contribution in [3.8, 4) is 0 Å². The minimum atomic E-state index is -0.990. The molecule has 2 aromatic rings. The number of aryl methyl sites for hydroxylation is 1. The molecule has 0 fully saturated rings. The average Bonchev–Trinajstić information content (AvgIpc) is 2.71. The first kappa shape index (κ1) is 12.6. The van der Waals surface area contributed by atoms with Crippen LogP contribution < -0.4 is 0 Å². The summed E-state index contributed by atoms with van der Waals surface area (Å²) in [6.07, 6.45) is 4.18. The topological polar surface area (TPSA) is 55.1 Å². The molecular formula is C13H13ClN2O2. The summed E-state index contributed by atoms with van der Waals surface area (Å²) >= 11 is 5.84. The van der Waals surface area contributed by atoms with Gasteiger partial charge in [0.05, 0.1) is 17.3 Å². The summed E-state index contributed by atoms with van der Waals surface area (Å²) in [7, 11) is 0. The zero-order chi connectivity index (χ0) is 13.1. The Bertz CT molecular complexity index is 578. The summed E-state index contributed by atoms with van der Waals surface area (Å²) in [5, 5.41) is 9.50. The summed E-state index contributed by atoms with van der Waals surface area (Å²) in [4.78, 5) is 15.4. The third kappa shape index (κ3) is 2.54. The van der Waals surface area contributed by atoms with Gasteiger partial charge in [0.15, 0.2) is 0 Å². The van der Waals surface area contributed by atoms with Crippen LogP contribution in [0.1, 0.15) is 28.7 Å². The van der Waals surface area contributed by atoms with Crippen LogP contribution in [0, 0.1) is 0 Å². The number of aromatic carboxylic acids is 1. The molecule has 0 saturated heterocycles. The molecule has 0 aliphatic heterocycles. The van der Waals surface area contributed by atoms with Gasteiger partial charge in [-0.25, -0.2) is 4.79 Å². The quantitative estimate of drug-likeness (QED) is 0.924. The Balaban J connectivity index is 2.36. The van der Waals surface area contributed by atoms with Gasteiger partial charge in [0, 0.05) is 12.4 Å². The SMILES string of the molecule is CCc1cccnc1Cn1cc(Cl)cc1C(=O)O. The molecule has 0 amide bonds. The van der Waals surface area contributed by atoms with Crippen molar-refractivity contribution in [3.63, 3.8) is 0 Å². The minimum absolute atomic E-state index is 0.174. The van der Waals surface area contributed by atoms with Crippen LogP contribution in [-0.2, 0) is 13.0 Å². The molecular weight excluding hydrogens is 252 g/mol. The molecule has 2 aromatic heterocycles. The Labute approximate surface area is 110 Å². The lowest BCUT2D eigenvalue weighted by Gasteiger charge is -2.09. The molecule has 5 heteroatoms. The fourth-order valence-electron chi connectivity index (χ4n) is 1.88. The van der Waals surface area contributed by atoms with Gasteiger partial charge in [-0.05, 0) is 24.1 Å². The van der Waals surface area contributed by atoms with E-state index in [2.05, 4.69) is 4.98 Å². The summed E-state index contributed by atoms with van der Waals surface area (Å²) < 4.78 is 1.60. The molecule has 0 unspecified atom stereocenters. The van der Waals surface area contributed by atoms with E-state index in [4.69, 9.17) is 16.7 Å². The summed E-state index contributed by atoms with van der Waals surface area (Å²) in [6.45, 7) is 2.46. The van der Waals surface area contributed by atoms with E-state index in [1.54, 1.807) is 17.0 Å². The number of hydrogen-bond acceptors (Lipinski definition) is 2. The third-order valence-corrected chi connectivity index (χ3v) is 2.97. The molecule has 1 N–H and O–H groups in total. The molecule has 0 bridgehead atoms. The van der Waals surface area contributed by atoms with Gasteiger partial charge in [0.1, 0.15) is 5.69 Å². The zero-order valence-corrected chi connectivity index (χ0v) is 10.7. The maximum absolute atomic E-state index is 11.1. The molecule has 0 aliphatic carbocycles. The van der Waals surface area contributed by atoms with Crippen LogP contribution in [0.15, 0.2) is 30.6 Å². The van der Waals surface area contributed by atoms with Crippen molar-refractivity contribution in [2.75, 3.05) is 0 Å². The molecule has 94 valence electrons. The van der Waals surface area contributed by atoms with Crippen molar-refractivity contribution in [2.45, 2.75) is 19.9 Å². The molecule has 18 heavy (non-hydrogen) atoms. The van der Waals surface area contributed by atoms with Crippen molar-refractivity contribution in [1.82, 2.24) is 9.55 Å². The van der Waals surface area contributed by atoms with E-state index in [1.165, 1.54) is 6.07 Å². The number of hydrogen-bond donors (Lipinski definition) is 1. The number of nitrogens with zero attached hydrogens (tertiary/aromatic N) is 2. The number of aromatic nitrogens is 2. The smallest absolute Gasteiger partial charge is 0.352 e. The molecule has 0 saturated carbocycles. The van der Waals surface area contributed by atoms with E-state index >= 15 is 0 Å². The van der Waals surface area contributed by atoms with E-state index < -0.39 is 5.97 Å². The highest BCUT2D eigenvalue weighted by Gasteiger charge is 2.13. The zero-order valence-electron chi connectivity index (χ0n) is 9.93. The molecule has 0 spiro atoms. The van der Waals surface area contributed by atoms with Crippen LogP contribution in [0.25, 0.3) is 0 Å². The Morgan fingerprint density at radius 1 is 1.56 bits per heavy atom. The highest BCUT2D eigenvalue weighted by molar-refractivity contribution is 6.30. The second kappa shape index (κ2) is 5.23. The third-order valence-electron chi connectivity index (χ3n) is 2.77. The normalized spacial score (nSPS) is 10.6. The van der Waals surface area contributed by atoms with Crippen molar-refractivity contribution in [3.05, 3.63) is 52.6 Å². The number of halogens is 1. The predicted molar refractivity (Wildman–Crippen MR) is 69.1 cm³/mol. The van der Waals surface area contributed by atoms with Gasteiger partial charge < -0.3 is 9.67 Å². The second-order valence-corrected chi connectivity index (χ2v) is 4.38. The number of carbonyl (C=O) groups is 1. The van der Waals surface area contributed by atoms with Gasteiger partial charge in [0.25, 0.3) is 0 Å². The molecule has 0 aromatic carbocycles. The van der Waals surface area contributed by atoms with Crippen molar-refractivity contribution in [2.24, 2.45) is 0 Å². The Morgan fingerprint density at radius 3 is 3.00 bits per heavy atom. The van der Waals surface area contributed by atoms with Gasteiger partial charge in [-0.3, -0.25) is 4.98 Å². The van der Waals surface area contributed by atoms with Crippen LogP contribution in [0.4, 0.5) is 0 Å². The van der Waals surface area contributed by atoms with Gasteiger partial charge in [-0.1, -0.05) is 24.6 Å². The molecule has 0 atom stereocenters. The van der Waals surface area contributed by atoms with Crippen molar-refractivity contribution < 1.29 is 9.90 Å². The second-order valence-electron chi connectivity index (χ2n) is 3.94. The van der Waals surface area contributed by atoms with Crippen LogP contribution >= 0.6 is 11.6 Å². The highest BCUT2D eigenvalue weighted by atomic mass is 35.5. The molecule has 4 nitrogen and oxygen atoms in total.